The van der Waals surface area contributed by atoms with Gasteiger partial charge in [0.1, 0.15) is 12.4 Å². The van der Waals surface area contributed by atoms with Gasteiger partial charge in [0.2, 0.25) is 11.1 Å². The molecule has 10 heteroatoms. The van der Waals surface area contributed by atoms with E-state index in [-0.39, 0.29) is 12.5 Å². The number of aryl methyl sites for hydroxylation is 3. The van der Waals surface area contributed by atoms with E-state index >= 15 is 0 Å². The average molecular weight is 458 g/mol. The zero-order chi connectivity index (χ0) is 23.6. The minimum absolute atomic E-state index is 0.156. The maximum Gasteiger partial charge on any atom is 0.237 e. The largest absolute Gasteiger partial charge is 0.485 e. The molecule has 0 saturated heterocycles. The summed E-state index contributed by atoms with van der Waals surface area (Å²) < 4.78 is 9.13. The number of anilines is 1. The van der Waals surface area contributed by atoms with E-state index in [0.717, 1.165) is 34.0 Å². The number of thioether (sulfide) groups is 1. The molecule has 1 atom stereocenters. The smallest absolute Gasteiger partial charge is 0.237 e. The Hall–Kier alpha value is -3.01. The van der Waals surface area contributed by atoms with E-state index in [0.29, 0.717) is 16.9 Å². The second-order valence-electron chi connectivity index (χ2n) is 8.17. The standard InChI is InChI=1S/C22H31N7O2S/c1-12(2)17-9-8-13(3)10-18(17)31-11-19-25-26-22(29(19)23)32-16(6)21(30)24-20-14(4)27-28(7)15(20)5/h8-10,12,16H,11,23H2,1-7H3,(H,24,30). The normalized spacial score (nSPS) is 12.2. The quantitative estimate of drug-likeness (QED) is 0.393. The fourth-order valence-corrected chi connectivity index (χ4v) is 4.05. The molecule has 3 rings (SSSR count). The number of nitrogen functional groups attached to an aromatic ring is 1. The summed E-state index contributed by atoms with van der Waals surface area (Å²) >= 11 is 1.24. The number of ether oxygens (including phenoxy) is 1. The maximum atomic E-state index is 12.7. The lowest BCUT2D eigenvalue weighted by Gasteiger charge is -2.15. The van der Waals surface area contributed by atoms with Crippen molar-refractivity contribution in [3.63, 3.8) is 0 Å². The number of nitrogens with zero attached hydrogens (tertiary/aromatic N) is 5. The van der Waals surface area contributed by atoms with Crippen molar-refractivity contribution in [2.24, 2.45) is 7.05 Å². The Bertz CT molecular complexity index is 1120. The molecular weight excluding hydrogens is 426 g/mol. The molecule has 3 aromatic rings. The first-order valence-electron chi connectivity index (χ1n) is 10.5. The minimum atomic E-state index is -0.432. The van der Waals surface area contributed by atoms with Crippen LogP contribution in [0.1, 0.15) is 55.0 Å². The Morgan fingerprint density at radius 2 is 1.94 bits per heavy atom. The number of aromatic nitrogens is 5. The summed E-state index contributed by atoms with van der Waals surface area (Å²) in [5, 5.41) is 15.6. The number of benzene rings is 1. The van der Waals surface area contributed by atoms with Crippen molar-refractivity contribution in [2.45, 2.75) is 64.5 Å². The summed E-state index contributed by atoms with van der Waals surface area (Å²) in [6.45, 7) is 12.0. The first-order chi connectivity index (χ1) is 15.1. The van der Waals surface area contributed by atoms with E-state index in [4.69, 9.17) is 10.6 Å². The molecule has 0 bridgehead atoms. The highest BCUT2D eigenvalue weighted by Gasteiger charge is 2.22. The topological polar surface area (TPSA) is 113 Å². The molecule has 0 spiro atoms. The van der Waals surface area contributed by atoms with Gasteiger partial charge < -0.3 is 15.9 Å². The molecule has 0 aliphatic rings. The zero-order valence-corrected chi connectivity index (χ0v) is 20.4. The number of rotatable bonds is 8. The van der Waals surface area contributed by atoms with Crippen LogP contribution in [0.2, 0.25) is 0 Å². The van der Waals surface area contributed by atoms with Crippen LogP contribution in [0.15, 0.2) is 23.4 Å². The Morgan fingerprint density at radius 1 is 1.22 bits per heavy atom. The summed E-state index contributed by atoms with van der Waals surface area (Å²) in [4.78, 5) is 12.7. The molecule has 32 heavy (non-hydrogen) atoms. The fourth-order valence-electron chi connectivity index (χ4n) is 3.26. The molecule has 3 N–H and O–H groups in total. The van der Waals surface area contributed by atoms with Crippen molar-refractivity contribution in [3.8, 4) is 5.75 Å². The van der Waals surface area contributed by atoms with Gasteiger partial charge in [-0.05, 0) is 50.8 Å². The number of carbonyl (C=O) groups is 1. The molecule has 172 valence electrons. The highest BCUT2D eigenvalue weighted by molar-refractivity contribution is 8.00. The first-order valence-corrected chi connectivity index (χ1v) is 11.4. The molecule has 9 nitrogen and oxygen atoms in total. The summed E-state index contributed by atoms with van der Waals surface area (Å²) in [6.07, 6.45) is 0. The number of nitrogens with two attached hydrogens (primary N) is 1. The second-order valence-corrected chi connectivity index (χ2v) is 9.48. The third kappa shape index (κ3) is 5.07. The van der Waals surface area contributed by atoms with Gasteiger partial charge in [0.25, 0.3) is 0 Å². The fraction of sp³-hybridized carbons (Fsp3) is 0.455. The predicted octanol–water partition coefficient (Wildman–Crippen LogP) is 3.47. The van der Waals surface area contributed by atoms with E-state index in [1.807, 2.05) is 33.9 Å². The summed E-state index contributed by atoms with van der Waals surface area (Å²) in [7, 11) is 1.84. The van der Waals surface area contributed by atoms with Gasteiger partial charge in [0, 0.05) is 7.05 Å². The van der Waals surface area contributed by atoms with Crippen molar-refractivity contribution in [1.82, 2.24) is 24.7 Å². The number of nitrogens with one attached hydrogen (secondary N) is 1. The molecule has 1 amide bonds. The molecule has 0 aliphatic heterocycles. The van der Waals surface area contributed by atoms with E-state index < -0.39 is 5.25 Å². The van der Waals surface area contributed by atoms with Gasteiger partial charge in [-0.15, -0.1) is 10.2 Å². The van der Waals surface area contributed by atoms with Crippen LogP contribution in [0.3, 0.4) is 0 Å². The van der Waals surface area contributed by atoms with Gasteiger partial charge in [0.05, 0.1) is 22.3 Å². The molecule has 2 aromatic heterocycles. The lowest BCUT2D eigenvalue weighted by atomic mass is 10.0. The van der Waals surface area contributed by atoms with Crippen LogP contribution in [0.5, 0.6) is 5.75 Å². The van der Waals surface area contributed by atoms with Crippen LogP contribution in [-0.2, 0) is 18.4 Å². The lowest BCUT2D eigenvalue weighted by molar-refractivity contribution is -0.115. The van der Waals surface area contributed by atoms with E-state index in [2.05, 4.69) is 46.6 Å². The average Bonchev–Trinajstić information content (AvgIpc) is 3.19. The van der Waals surface area contributed by atoms with Gasteiger partial charge in [-0.25, -0.2) is 4.68 Å². The maximum absolute atomic E-state index is 12.7. The number of carbonyl (C=O) groups excluding carboxylic acids is 1. The van der Waals surface area contributed by atoms with Crippen molar-refractivity contribution in [1.29, 1.82) is 0 Å². The Balaban J connectivity index is 1.66. The molecule has 2 heterocycles. The summed E-state index contributed by atoms with van der Waals surface area (Å²) in [5.41, 5.74) is 4.64. The number of hydrogen-bond acceptors (Lipinski definition) is 7. The van der Waals surface area contributed by atoms with Crippen LogP contribution in [0.4, 0.5) is 5.69 Å². The van der Waals surface area contributed by atoms with Gasteiger partial charge in [-0.1, -0.05) is 37.7 Å². The van der Waals surface area contributed by atoms with Crippen LogP contribution < -0.4 is 15.9 Å². The number of amides is 1. The van der Waals surface area contributed by atoms with Crippen LogP contribution in [0, 0.1) is 20.8 Å². The van der Waals surface area contributed by atoms with Gasteiger partial charge in [0.15, 0.2) is 5.82 Å². The molecule has 1 unspecified atom stereocenters. The first kappa shape index (κ1) is 23.6. The van der Waals surface area contributed by atoms with Crippen molar-refractivity contribution in [3.05, 3.63) is 46.5 Å². The van der Waals surface area contributed by atoms with E-state index in [9.17, 15) is 4.79 Å². The van der Waals surface area contributed by atoms with E-state index in [1.54, 1.807) is 11.6 Å². The molecule has 0 saturated carbocycles. The molecule has 0 radical (unpaired) electrons. The molecular formula is C22H31N7O2S. The third-order valence-electron chi connectivity index (χ3n) is 5.29. The van der Waals surface area contributed by atoms with Crippen LogP contribution >= 0.6 is 11.8 Å². The van der Waals surface area contributed by atoms with Gasteiger partial charge in [-0.2, -0.15) is 5.10 Å². The SMILES string of the molecule is Cc1ccc(C(C)C)c(OCc2nnc(SC(C)C(=O)Nc3c(C)nn(C)c3C)n2N)c1. The predicted molar refractivity (Wildman–Crippen MR) is 126 cm³/mol. The number of hydrogen-bond donors (Lipinski definition) is 2. The second kappa shape index (κ2) is 9.64. The van der Waals surface area contributed by atoms with Crippen LogP contribution in [-0.4, -0.2) is 35.8 Å². The molecule has 0 aliphatic carbocycles. The zero-order valence-electron chi connectivity index (χ0n) is 19.6. The monoisotopic (exact) mass is 457 g/mol. The summed E-state index contributed by atoms with van der Waals surface area (Å²) in [5.74, 6) is 7.66. The van der Waals surface area contributed by atoms with Crippen LogP contribution in [0.25, 0.3) is 0 Å². The van der Waals surface area contributed by atoms with Crippen molar-refractivity contribution >= 4 is 23.4 Å². The highest BCUT2D eigenvalue weighted by Crippen LogP contribution is 2.29. The molecule has 1 aromatic carbocycles. The third-order valence-corrected chi connectivity index (χ3v) is 6.35. The minimum Gasteiger partial charge on any atom is -0.485 e. The summed E-state index contributed by atoms with van der Waals surface area (Å²) in [6, 6.07) is 6.16. The van der Waals surface area contributed by atoms with Crippen molar-refractivity contribution in [2.75, 3.05) is 11.2 Å². The lowest BCUT2D eigenvalue weighted by Crippen LogP contribution is -2.24. The van der Waals surface area contributed by atoms with E-state index in [1.165, 1.54) is 16.4 Å². The molecule has 0 fully saturated rings. The Labute approximate surface area is 192 Å². The Kier molecular flexibility index (Phi) is 7.12. The Morgan fingerprint density at radius 3 is 2.56 bits per heavy atom. The highest BCUT2D eigenvalue weighted by atomic mass is 32.2. The van der Waals surface area contributed by atoms with Gasteiger partial charge in [-0.3, -0.25) is 9.48 Å². The van der Waals surface area contributed by atoms with Gasteiger partial charge >= 0.3 is 0 Å². The van der Waals surface area contributed by atoms with Crippen molar-refractivity contribution < 1.29 is 9.53 Å².